The molecule has 3 heterocycles. The number of carbonyl (C=O) groups is 1. The fraction of sp³-hybridized carbons (Fsp3) is 0.978. The summed E-state index contributed by atoms with van der Waals surface area (Å²) in [6, 6.07) is -0.875. The molecule has 3 rings (SSSR count). The molecule has 19 nitrogen and oxygen atoms in total. The van der Waals surface area contributed by atoms with Crippen LogP contribution in [0.5, 0.6) is 0 Å². The van der Waals surface area contributed by atoms with Crippen LogP contribution in [0.25, 0.3) is 0 Å². The van der Waals surface area contributed by atoms with Crippen LogP contribution in [0.4, 0.5) is 0 Å². The molecule has 3 saturated heterocycles. The van der Waals surface area contributed by atoms with Crippen molar-refractivity contribution >= 4 is 5.91 Å². The molecular weight excluding hydrogens is 854 g/mol. The van der Waals surface area contributed by atoms with Gasteiger partial charge in [0.15, 0.2) is 18.9 Å². The maximum atomic E-state index is 13.0. The number of nitrogens with one attached hydrogen (secondary N) is 1. The lowest BCUT2D eigenvalue weighted by Crippen LogP contribution is -2.66. The number of hydrogen-bond donors (Lipinski definition) is 12. The Labute approximate surface area is 385 Å². The Balaban J connectivity index is 1.53. The van der Waals surface area contributed by atoms with Crippen molar-refractivity contribution in [1.82, 2.24) is 5.32 Å². The number of aliphatic hydroxyl groups excluding tert-OH is 11. The molecule has 0 aromatic rings. The van der Waals surface area contributed by atoms with Gasteiger partial charge in [-0.2, -0.15) is 0 Å². The summed E-state index contributed by atoms with van der Waals surface area (Å²) in [7, 11) is 0. The van der Waals surface area contributed by atoms with Gasteiger partial charge in [-0.05, 0) is 12.8 Å². The summed E-state index contributed by atoms with van der Waals surface area (Å²) >= 11 is 0. The predicted molar refractivity (Wildman–Crippen MR) is 236 cm³/mol. The number of aliphatic hydroxyl groups is 11. The highest BCUT2D eigenvalue weighted by Crippen LogP contribution is 2.33. The van der Waals surface area contributed by atoms with Crippen molar-refractivity contribution in [3.63, 3.8) is 0 Å². The summed E-state index contributed by atoms with van der Waals surface area (Å²) in [5.41, 5.74) is 0. The van der Waals surface area contributed by atoms with E-state index in [-0.39, 0.29) is 18.9 Å². The van der Waals surface area contributed by atoms with Crippen molar-refractivity contribution in [2.75, 3.05) is 26.4 Å². The van der Waals surface area contributed by atoms with Gasteiger partial charge in [-0.25, -0.2) is 0 Å². The third kappa shape index (κ3) is 19.2. The molecular formula is C46H87NO18. The highest BCUT2D eigenvalue weighted by Gasteiger charge is 2.53. The maximum Gasteiger partial charge on any atom is 0.220 e. The van der Waals surface area contributed by atoms with Gasteiger partial charge in [-0.1, -0.05) is 136 Å². The lowest BCUT2D eigenvalue weighted by atomic mass is 9.96. The highest BCUT2D eigenvalue weighted by atomic mass is 16.8. The molecule has 3 fully saturated rings. The summed E-state index contributed by atoms with van der Waals surface area (Å²) < 4.78 is 34.0. The van der Waals surface area contributed by atoms with Crippen LogP contribution < -0.4 is 5.32 Å². The molecule has 0 aromatic heterocycles. The zero-order valence-electron chi connectivity index (χ0n) is 39.0. The Bertz CT molecular complexity index is 1220. The van der Waals surface area contributed by atoms with Crippen LogP contribution in [-0.2, 0) is 33.2 Å². The van der Waals surface area contributed by atoms with E-state index in [1.807, 2.05) is 0 Å². The van der Waals surface area contributed by atoms with Gasteiger partial charge in [0.2, 0.25) is 5.91 Å². The molecule has 3 aliphatic rings. The van der Waals surface area contributed by atoms with Gasteiger partial charge in [0, 0.05) is 6.42 Å². The van der Waals surface area contributed by atoms with Crippen molar-refractivity contribution in [1.29, 1.82) is 0 Å². The molecule has 12 N–H and O–H groups in total. The van der Waals surface area contributed by atoms with Crippen molar-refractivity contribution < 1.29 is 89.4 Å². The molecule has 65 heavy (non-hydrogen) atoms. The molecule has 1 amide bonds. The molecule has 0 saturated carbocycles. The van der Waals surface area contributed by atoms with Crippen LogP contribution in [0.2, 0.25) is 0 Å². The molecule has 0 spiro atoms. The zero-order chi connectivity index (χ0) is 47.7. The van der Waals surface area contributed by atoms with E-state index in [1.54, 1.807) is 0 Å². The van der Waals surface area contributed by atoms with Gasteiger partial charge in [0.25, 0.3) is 0 Å². The Hall–Kier alpha value is -1.21. The third-order valence-electron chi connectivity index (χ3n) is 12.9. The Morgan fingerprint density at radius 2 is 0.877 bits per heavy atom. The molecule has 17 unspecified atom stereocenters. The fourth-order valence-corrected chi connectivity index (χ4v) is 8.72. The minimum absolute atomic E-state index is 0.257. The smallest absolute Gasteiger partial charge is 0.220 e. The lowest BCUT2D eigenvalue weighted by molar-refractivity contribution is -0.379. The average Bonchev–Trinajstić information content (AvgIpc) is 3.30. The number of amides is 1. The van der Waals surface area contributed by atoms with Crippen LogP contribution in [0.1, 0.15) is 155 Å². The number of carbonyl (C=O) groups excluding carboxylic acids is 1. The number of unbranched alkanes of at least 4 members (excludes halogenated alkanes) is 18. The van der Waals surface area contributed by atoms with Gasteiger partial charge in [0.1, 0.15) is 73.2 Å². The van der Waals surface area contributed by atoms with E-state index < -0.39 is 124 Å². The van der Waals surface area contributed by atoms with Crippen LogP contribution in [0.15, 0.2) is 0 Å². The molecule has 0 bridgehead atoms. The molecule has 0 aliphatic carbocycles. The minimum Gasteiger partial charge on any atom is -0.394 e. The van der Waals surface area contributed by atoms with Crippen molar-refractivity contribution in [3.8, 4) is 0 Å². The first-order valence-electron chi connectivity index (χ1n) is 24.8. The van der Waals surface area contributed by atoms with E-state index in [1.165, 1.54) is 70.6 Å². The molecule has 17 atom stereocenters. The fourth-order valence-electron chi connectivity index (χ4n) is 8.72. The summed E-state index contributed by atoms with van der Waals surface area (Å²) in [5, 5.41) is 119. The van der Waals surface area contributed by atoms with Crippen molar-refractivity contribution in [3.05, 3.63) is 0 Å². The van der Waals surface area contributed by atoms with Gasteiger partial charge in [-0.15, -0.1) is 0 Å². The number of rotatable bonds is 34. The minimum atomic E-state index is -1.97. The largest absolute Gasteiger partial charge is 0.394 e. The van der Waals surface area contributed by atoms with Crippen molar-refractivity contribution in [2.24, 2.45) is 0 Å². The normalized spacial score (nSPS) is 34.1. The van der Waals surface area contributed by atoms with Gasteiger partial charge in [-0.3, -0.25) is 4.79 Å². The molecule has 0 aromatic carbocycles. The second-order valence-corrected chi connectivity index (χ2v) is 18.3. The number of ether oxygens (including phenoxy) is 6. The Morgan fingerprint density at radius 1 is 0.492 bits per heavy atom. The Kier molecular flexibility index (Phi) is 29.1. The Morgan fingerprint density at radius 3 is 1.34 bits per heavy atom. The van der Waals surface area contributed by atoms with E-state index in [0.29, 0.717) is 12.8 Å². The quantitative estimate of drug-likeness (QED) is 0.0399. The molecule has 0 radical (unpaired) electrons. The van der Waals surface area contributed by atoms with E-state index in [2.05, 4.69) is 19.2 Å². The standard InChI is InChI=1S/C46H87NO18/c1-3-5-7-9-10-11-12-13-14-15-16-17-18-20-21-23-30(51)29(47-34(52)24-22-19-8-6-4-2)28-60-44-40(58)37(55)42(32(26-49)62-44)65-46-41(59)38(56)43(33(27-50)63-46)64-45-39(57)36(54)35(53)31(25-48)61-45/h29-33,35-46,48-51,53-59H,3-28H2,1-2H3,(H,47,52). The van der Waals surface area contributed by atoms with Crippen LogP contribution in [0, 0.1) is 0 Å². The molecule has 19 heteroatoms. The first-order chi connectivity index (χ1) is 31.3. The zero-order valence-corrected chi connectivity index (χ0v) is 39.0. The predicted octanol–water partition coefficient (Wildman–Crippen LogP) is 0.919. The highest BCUT2D eigenvalue weighted by molar-refractivity contribution is 5.76. The first kappa shape index (κ1) is 58.1. The van der Waals surface area contributed by atoms with Gasteiger partial charge >= 0.3 is 0 Å². The molecule has 384 valence electrons. The van der Waals surface area contributed by atoms with Crippen LogP contribution in [0.3, 0.4) is 0 Å². The summed E-state index contributed by atoms with van der Waals surface area (Å²) in [4.78, 5) is 13.0. The monoisotopic (exact) mass is 942 g/mol. The SMILES string of the molecule is CCCCCCCCCCCCCCCCCC(O)C(COC1OC(CO)C(OC2OC(CO)C(OC3OC(CO)C(O)C(O)C3O)C(O)C2O)C(O)C1O)NC(=O)CCCCCCC. The lowest BCUT2D eigenvalue weighted by Gasteiger charge is -2.48. The third-order valence-corrected chi connectivity index (χ3v) is 12.9. The molecule has 3 aliphatic heterocycles. The van der Waals surface area contributed by atoms with Gasteiger partial charge < -0.3 is 89.9 Å². The van der Waals surface area contributed by atoms with E-state index in [4.69, 9.17) is 28.4 Å². The van der Waals surface area contributed by atoms with Crippen LogP contribution >= 0.6 is 0 Å². The average molecular weight is 942 g/mol. The second-order valence-electron chi connectivity index (χ2n) is 18.3. The maximum absolute atomic E-state index is 13.0. The van der Waals surface area contributed by atoms with E-state index in [9.17, 15) is 61.0 Å². The van der Waals surface area contributed by atoms with Gasteiger partial charge in [0.05, 0.1) is 38.6 Å². The summed E-state index contributed by atoms with van der Waals surface area (Å²) in [6.07, 6.45) is -2.95. The van der Waals surface area contributed by atoms with Crippen LogP contribution in [-0.4, -0.2) is 193 Å². The van der Waals surface area contributed by atoms with E-state index >= 15 is 0 Å². The van der Waals surface area contributed by atoms with E-state index in [0.717, 1.165) is 51.4 Å². The first-order valence-corrected chi connectivity index (χ1v) is 24.8. The van der Waals surface area contributed by atoms with Crippen molar-refractivity contribution in [2.45, 2.75) is 259 Å². The number of hydrogen-bond acceptors (Lipinski definition) is 18. The topological polar surface area (TPSA) is 307 Å². The second kappa shape index (κ2) is 32.6. The summed E-state index contributed by atoms with van der Waals surface area (Å²) in [5.74, 6) is -0.257. The summed E-state index contributed by atoms with van der Waals surface area (Å²) in [6.45, 7) is 1.65.